The Kier molecular flexibility index (Phi) is 6.64. The SMILES string of the molecule is COC(=O)N(C(=O)OC)[C@@H](CCCN)C(=O)O. The number of nitrogens with two attached hydrogens (primary N) is 1. The fraction of sp³-hybridized carbons (Fsp3) is 0.667. The Bertz CT molecular complexity index is 277. The van der Waals surface area contributed by atoms with Crippen molar-refractivity contribution in [2.45, 2.75) is 18.9 Å². The average molecular weight is 248 g/mol. The standard InChI is InChI=1S/C9H16N2O6/c1-16-8(14)11(9(15)17-2)6(7(12)13)4-3-5-10/h6H,3-5,10H2,1-2H3,(H,12,13)/t6-/m0/s1. The average Bonchev–Trinajstić information content (AvgIpc) is 2.32. The molecule has 8 nitrogen and oxygen atoms in total. The van der Waals surface area contributed by atoms with E-state index >= 15 is 0 Å². The van der Waals surface area contributed by atoms with Crippen molar-refractivity contribution >= 4 is 18.2 Å². The van der Waals surface area contributed by atoms with Crippen LogP contribution in [0.15, 0.2) is 0 Å². The summed E-state index contributed by atoms with van der Waals surface area (Å²) in [5.41, 5.74) is 5.25. The minimum Gasteiger partial charge on any atom is -0.480 e. The second-order valence-electron chi connectivity index (χ2n) is 3.10. The highest BCUT2D eigenvalue weighted by Crippen LogP contribution is 2.11. The second kappa shape index (κ2) is 7.44. The van der Waals surface area contributed by atoms with Crippen LogP contribution in [0.4, 0.5) is 9.59 Å². The third kappa shape index (κ3) is 4.27. The van der Waals surface area contributed by atoms with Crippen molar-refractivity contribution in [3.05, 3.63) is 0 Å². The van der Waals surface area contributed by atoms with E-state index in [0.29, 0.717) is 11.3 Å². The molecule has 98 valence electrons. The molecule has 0 heterocycles. The van der Waals surface area contributed by atoms with Crippen LogP contribution in [0.1, 0.15) is 12.8 Å². The molecule has 0 spiro atoms. The topological polar surface area (TPSA) is 119 Å². The van der Waals surface area contributed by atoms with Gasteiger partial charge in [0.05, 0.1) is 14.2 Å². The van der Waals surface area contributed by atoms with Gasteiger partial charge in [-0.1, -0.05) is 0 Å². The van der Waals surface area contributed by atoms with Crippen molar-refractivity contribution in [1.29, 1.82) is 0 Å². The van der Waals surface area contributed by atoms with E-state index in [2.05, 4.69) is 9.47 Å². The van der Waals surface area contributed by atoms with Gasteiger partial charge in [0, 0.05) is 0 Å². The first-order chi connectivity index (χ1) is 7.99. The molecule has 17 heavy (non-hydrogen) atoms. The smallest absolute Gasteiger partial charge is 0.419 e. The van der Waals surface area contributed by atoms with Gasteiger partial charge in [0.25, 0.3) is 0 Å². The Hall–Kier alpha value is -1.83. The van der Waals surface area contributed by atoms with Gasteiger partial charge >= 0.3 is 18.2 Å². The molecule has 3 N–H and O–H groups in total. The maximum Gasteiger partial charge on any atom is 0.419 e. The molecule has 0 aliphatic heterocycles. The van der Waals surface area contributed by atoms with E-state index in [1.54, 1.807) is 0 Å². The number of methoxy groups -OCH3 is 2. The van der Waals surface area contributed by atoms with E-state index in [0.717, 1.165) is 14.2 Å². The fourth-order valence-electron chi connectivity index (χ4n) is 1.20. The molecule has 8 heteroatoms. The predicted octanol–water partition coefficient (Wildman–Crippen LogP) is 0.0133. The van der Waals surface area contributed by atoms with Crippen molar-refractivity contribution in [2.24, 2.45) is 5.73 Å². The molecule has 0 rings (SSSR count). The third-order valence-corrected chi connectivity index (χ3v) is 2.02. The number of hydrogen-bond acceptors (Lipinski definition) is 6. The Labute approximate surface area is 98.3 Å². The normalized spacial score (nSPS) is 11.5. The summed E-state index contributed by atoms with van der Waals surface area (Å²) in [6, 6.07) is -1.35. The molecule has 0 saturated heterocycles. The summed E-state index contributed by atoms with van der Waals surface area (Å²) in [6.07, 6.45) is -1.78. The highest BCUT2D eigenvalue weighted by Gasteiger charge is 2.36. The first-order valence-corrected chi connectivity index (χ1v) is 4.87. The van der Waals surface area contributed by atoms with Crippen LogP contribution < -0.4 is 5.73 Å². The van der Waals surface area contributed by atoms with Crippen LogP contribution in [0.25, 0.3) is 0 Å². The summed E-state index contributed by atoms with van der Waals surface area (Å²) in [6.45, 7) is 0.250. The van der Waals surface area contributed by atoms with Gasteiger partial charge in [0.15, 0.2) is 0 Å². The van der Waals surface area contributed by atoms with Crippen molar-refractivity contribution in [2.75, 3.05) is 20.8 Å². The van der Waals surface area contributed by atoms with Crippen LogP contribution >= 0.6 is 0 Å². The van der Waals surface area contributed by atoms with E-state index in [-0.39, 0.29) is 13.0 Å². The van der Waals surface area contributed by atoms with Crippen LogP contribution in [0.5, 0.6) is 0 Å². The molecule has 0 radical (unpaired) electrons. The van der Waals surface area contributed by atoms with E-state index < -0.39 is 24.2 Å². The van der Waals surface area contributed by atoms with E-state index in [9.17, 15) is 14.4 Å². The van der Waals surface area contributed by atoms with Gasteiger partial charge in [-0.2, -0.15) is 4.90 Å². The molecule has 2 amide bonds. The van der Waals surface area contributed by atoms with Crippen LogP contribution in [-0.2, 0) is 14.3 Å². The quantitative estimate of drug-likeness (QED) is 0.703. The molecule has 0 aliphatic carbocycles. The summed E-state index contributed by atoms with van der Waals surface area (Å²) >= 11 is 0. The lowest BCUT2D eigenvalue weighted by molar-refractivity contribution is -0.142. The number of ether oxygens (including phenoxy) is 2. The zero-order chi connectivity index (χ0) is 13.4. The van der Waals surface area contributed by atoms with E-state index in [1.165, 1.54) is 0 Å². The second-order valence-corrected chi connectivity index (χ2v) is 3.10. The summed E-state index contributed by atoms with van der Waals surface area (Å²) in [7, 11) is 2.08. The van der Waals surface area contributed by atoms with E-state index in [1.807, 2.05) is 0 Å². The number of nitrogens with zero attached hydrogens (tertiary/aromatic N) is 1. The van der Waals surface area contributed by atoms with Gasteiger partial charge in [-0.25, -0.2) is 14.4 Å². The number of carbonyl (C=O) groups excluding carboxylic acids is 2. The van der Waals surface area contributed by atoms with E-state index in [4.69, 9.17) is 10.8 Å². The summed E-state index contributed by atoms with van der Waals surface area (Å²) in [5.74, 6) is -1.32. The molecule has 0 aromatic rings. The fourth-order valence-corrected chi connectivity index (χ4v) is 1.20. The molecule has 0 saturated carbocycles. The van der Waals surface area contributed by atoms with Gasteiger partial charge in [0.2, 0.25) is 0 Å². The lowest BCUT2D eigenvalue weighted by Gasteiger charge is -2.24. The molecule has 0 bridgehead atoms. The number of rotatable bonds is 5. The van der Waals surface area contributed by atoms with Crippen molar-refractivity contribution in [3.8, 4) is 0 Å². The van der Waals surface area contributed by atoms with Crippen LogP contribution in [0.3, 0.4) is 0 Å². The van der Waals surface area contributed by atoms with Crippen molar-refractivity contribution in [1.82, 2.24) is 4.90 Å². The molecular weight excluding hydrogens is 232 g/mol. The molecule has 0 fully saturated rings. The summed E-state index contributed by atoms with van der Waals surface area (Å²) in [5, 5.41) is 8.96. The van der Waals surface area contributed by atoms with Gasteiger partial charge in [-0.05, 0) is 19.4 Å². The number of hydrogen-bond donors (Lipinski definition) is 2. The number of amides is 2. The minimum absolute atomic E-state index is 0.0377. The Balaban J connectivity index is 4.99. The highest BCUT2D eigenvalue weighted by molar-refractivity contribution is 5.93. The summed E-state index contributed by atoms with van der Waals surface area (Å²) < 4.78 is 8.68. The Morgan fingerprint density at radius 2 is 1.71 bits per heavy atom. The summed E-state index contributed by atoms with van der Waals surface area (Å²) in [4.78, 5) is 34.1. The number of carboxylic acids is 1. The largest absolute Gasteiger partial charge is 0.480 e. The van der Waals surface area contributed by atoms with Crippen LogP contribution in [0, 0.1) is 0 Å². The monoisotopic (exact) mass is 248 g/mol. The zero-order valence-corrected chi connectivity index (χ0v) is 9.71. The predicted molar refractivity (Wildman–Crippen MR) is 56.4 cm³/mol. The first kappa shape index (κ1) is 15.2. The lowest BCUT2D eigenvalue weighted by atomic mass is 10.1. The molecule has 1 atom stereocenters. The molecule has 0 aromatic heterocycles. The van der Waals surface area contributed by atoms with Crippen LogP contribution in [-0.4, -0.2) is 55.0 Å². The number of imide groups is 1. The van der Waals surface area contributed by atoms with Gasteiger partial charge in [-0.15, -0.1) is 0 Å². The maximum atomic E-state index is 11.3. The molecule has 0 aliphatic rings. The minimum atomic E-state index is -1.35. The van der Waals surface area contributed by atoms with Gasteiger partial charge in [-0.3, -0.25) is 0 Å². The number of carbonyl (C=O) groups is 3. The zero-order valence-electron chi connectivity index (χ0n) is 9.71. The Morgan fingerprint density at radius 1 is 1.24 bits per heavy atom. The third-order valence-electron chi connectivity index (χ3n) is 2.02. The molecular formula is C9H16N2O6. The number of aliphatic carboxylic acids is 1. The maximum absolute atomic E-state index is 11.3. The Morgan fingerprint density at radius 3 is 2.00 bits per heavy atom. The highest BCUT2D eigenvalue weighted by atomic mass is 16.6. The van der Waals surface area contributed by atoms with Crippen LogP contribution in [0.2, 0.25) is 0 Å². The molecule has 0 unspecified atom stereocenters. The van der Waals surface area contributed by atoms with Gasteiger partial charge in [0.1, 0.15) is 6.04 Å². The van der Waals surface area contributed by atoms with Gasteiger partial charge < -0.3 is 20.3 Å². The molecule has 0 aromatic carbocycles. The van der Waals surface area contributed by atoms with Crippen molar-refractivity contribution in [3.63, 3.8) is 0 Å². The van der Waals surface area contributed by atoms with Crippen molar-refractivity contribution < 1.29 is 29.0 Å². The first-order valence-electron chi connectivity index (χ1n) is 4.87. The number of carboxylic acid groups (broad SMARTS) is 1. The lowest BCUT2D eigenvalue weighted by Crippen LogP contribution is -2.48.